The minimum atomic E-state index is -0.745. The van der Waals surface area contributed by atoms with Gasteiger partial charge in [0.2, 0.25) is 5.91 Å². The first kappa shape index (κ1) is 21.9. The molecule has 1 aromatic carbocycles. The number of nitrogens with one attached hydrogen (secondary N) is 1. The second-order valence-electron chi connectivity index (χ2n) is 7.22. The predicted molar refractivity (Wildman–Crippen MR) is 104 cm³/mol. The molecule has 2 atom stereocenters. The Hall–Kier alpha value is -2.39. The van der Waals surface area contributed by atoms with E-state index in [0.29, 0.717) is 31.8 Å². The number of nitro groups is 1. The highest BCUT2D eigenvalue weighted by atomic mass is 35.5. The fourth-order valence-corrected chi connectivity index (χ4v) is 4.28. The van der Waals surface area contributed by atoms with Crippen LogP contribution in [0.1, 0.15) is 25.7 Å². The number of rotatable bonds is 7. The summed E-state index contributed by atoms with van der Waals surface area (Å²) in [5, 5.41) is 23.4. The molecule has 154 valence electrons. The van der Waals surface area contributed by atoms with Crippen LogP contribution in [0.4, 0.5) is 11.4 Å². The summed E-state index contributed by atoms with van der Waals surface area (Å²) in [4.78, 5) is 36.6. The molecule has 0 aromatic heterocycles. The van der Waals surface area contributed by atoms with Gasteiger partial charge in [0.1, 0.15) is 11.4 Å². The molecule has 1 heterocycles. The summed E-state index contributed by atoms with van der Waals surface area (Å²) in [7, 11) is 1.41. The van der Waals surface area contributed by atoms with Crippen LogP contribution in [0.2, 0.25) is 0 Å². The molecule has 1 aromatic rings. The normalized spacial score (nSPS) is 23.5. The van der Waals surface area contributed by atoms with Crippen molar-refractivity contribution in [1.82, 2.24) is 4.90 Å². The standard InChI is InChI=1S/C18H23N3O6.ClH/c1-27-13-4-5-14(15(9-13)21(25)26)19-16(22)6-8-20-10-12-3-2-7-18(12,11-20)17(23)24;/h4-5,9,12H,2-3,6-8,10-11H2,1H3,(H,19,22)(H,23,24);1H/t12-,18+;/m0./s1. The number of carboxylic acid groups (broad SMARTS) is 1. The van der Waals surface area contributed by atoms with Gasteiger partial charge in [0.05, 0.1) is 23.5 Å². The molecular formula is C18H24ClN3O6. The topological polar surface area (TPSA) is 122 Å². The third-order valence-electron chi connectivity index (χ3n) is 5.70. The summed E-state index contributed by atoms with van der Waals surface area (Å²) in [6.07, 6.45) is 2.68. The van der Waals surface area contributed by atoms with Crippen molar-refractivity contribution in [3.05, 3.63) is 28.3 Å². The first-order valence-corrected chi connectivity index (χ1v) is 8.94. The Balaban J connectivity index is 0.00000280. The number of ether oxygens (including phenoxy) is 1. The molecule has 0 radical (unpaired) electrons. The quantitative estimate of drug-likeness (QED) is 0.520. The largest absolute Gasteiger partial charge is 0.496 e. The molecule has 2 N–H and O–H groups in total. The summed E-state index contributed by atoms with van der Waals surface area (Å²) in [5.74, 6) is -0.612. The van der Waals surface area contributed by atoms with Gasteiger partial charge >= 0.3 is 5.97 Å². The summed E-state index contributed by atoms with van der Waals surface area (Å²) < 4.78 is 4.97. The number of anilines is 1. The smallest absolute Gasteiger partial charge is 0.311 e. The maximum atomic E-state index is 12.3. The highest BCUT2D eigenvalue weighted by molar-refractivity contribution is 5.93. The van der Waals surface area contributed by atoms with Crippen molar-refractivity contribution in [1.29, 1.82) is 0 Å². The molecule has 0 spiro atoms. The number of nitro benzene ring substituents is 1. The van der Waals surface area contributed by atoms with Gasteiger partial charge in [-0.05, 0) is 30.9 Å². The van der Waals surface area contributed by atoms with Crippen LogP contribution in [0.5, 0.6) is 5.75 Å². The fourth-order valence-electron chi connectivity index (χ4n) is 4.28. The zero-order valence-corrected chi connectivity index (χ0v) is 16.4. The molecule has 2 aliphatic rings. The Morgan fingerprint density at radius 3 is 2.82 bits per heavy atom. The van der Waals surface area contributed by atoms with Crippen LogP contribution in [-0.2, 0) is 9.59 Å². The average Bonchev–Trinajstić information content (AvgIpc) is 3.18. The van der Waals surface area contributed by atoms with Crippen LogP contribution in [0.3, 0.4) is 0 Å². The second-order valence-corrected chi connectivity index (χ2v) is 7.22. The number of benzene rings is 1. The van der Waals surface area contributed by atoms with Crippen LogP contribution in [0, 0.1) is 21.4 Å². The first-order chi connectivity index (χ1) is 12.9. The van der Waals surface area contributed by atoms with Gasteiger partial charge in [-0.2, -0.15) is 0 Å². The number of hydrogen-bond donors (Lipinski definition) is 2. The van der Waals surface area contributed by atoms with E-state index in [9.17, 15) is 24.8 Å². The molecule has 28 heavy (non-hydrogen) atoms. The van der Waals surface area contributed by atoms with Crippen LogP contribution < -0.4 is 10.1 Å². The van der Waals surface area contributed by atoms with Crippen molar-refractivity contribution in [3.8, 4) is 5.75 Å². The monoisotopic (exact) mass is 413 g/mol. The third kappa shape index (κ3) is 4.20. The predicted octanol–water partition coefficient (Wildman–Crippen LogP) is 2.54. The molecule has 9 nitrogen and oxygen atoms in total. The van der Waals surface area contributed by atoms with Crippen molar-refractivity contribution in [3.63, 3.8) is 0 Å². The van der Waals surface area contributed by atoms with Gasteiger partial charge in [-0.25, -0.2) is 0 Å². The molecule has 3 rings (SSSR count). The molecule has 1 amide bonds. The number of fused-ring (bicyclic) bond motifs is 1. The molecule has 0 unspecified atom stereocenters. The number of halogens is 1. The number of nitrogens with zero attached hydrogens (tertiary/aromatic N) is 2. The van der Waals surface area contributed by atoms with Crippen molar-refractivity contribution >= 4 is 35.7 Å². The van der Waals surface area contributed by atoms with E-state index in [1.165, 1.54) is 19.2 Å². The molecule has 10 heteroatoms. The van der Waals surface area contributed by atoms with E-state index in [1.54, 1.807) is 6.07 Å². The Kier molecular flexibility index (Phi) is 6.84. The van der Waals surface area contributed by atoms with Gasteiger partial charge in [0.15, 0.2) is 0 Å². The Labute approximate surface area is 168 Å². The fraction of sp³-hybridized carbons (Fsp3) is 0.556. The van der Waals surface area contributed by atoms with Gasteiger partial charge in [0, 0.05) is 26.1 Å². The van der Waals surface area contributed by atoms with Crippen molar-refractivity contribution < 1.29 is 24.4 Å². The van der Waals surface area contributed by atoms with Crippen molar-refractivity contribution in [2.75, 3.05) is 32.1 Å². The molecule has 0 bridgehead atoms. The first-order valence-electron chi connectivity index (χ1n) is 8.94. The van der Waals surface area contributed by atoms with E-state index < -0.39 is 16.3 Å². The Morgan fingerprint density at radius 2 is 2.21 bits per heavy atom. The lowest BCUT2D eigenvalue weighted by molar-refractivity contribution is -0.384. The molecule has 1 saturated heterocycles. The lowest BCUT2D eigenvalue weighted by atomic mass is 9.81. The van der Waals surface area contributed by atoms with E-state index >= 15 is 0 Å². The number of carboxylic acids is 1. The summed E-state index contributed by atoms with van der Waals surface area (Å²) in [6.45, 7) is 1.58. The van der Waals surface area contributed by atoms with Crippen molar-refractivity contribution in [2.45, 2.75) is 25.7 Å². The molecule has 1 aliphatic carbocycles. The third-order valence-corrected chi connectivity index (χ3v) is 5.70. The summed E-state index contributed by atoms with van der Waals surface area (Å²) >= 11 is 0. The van der Waals surface area contributed by atoms with Crippen LogP contribution in [0.25, 0.3) is 0 Å². The van der Waals surface area contributed by atoms with Crippen LogP contribution in [-0.4, -0.2) is 53.6 Å². The van der Waals surface area contributed by atoms with E-state index in [1.807, 2.05) is 4.90 Å². The van der Waals surface area contributed by atoms with Crippen LogP contribution in [0.15, 0.2) is 18.2 Å². The number of carbonyl (C=O) groups excluding carboxylic acids is 1. The zero-order chi connectivity index (χ0) is 19.6. The minimum absolute atomic E-state index is 0. The number of hydrogen-bond acceptors (Lipinski definition) is 6. The molecular weight excluding hydrogens is 390 g/mol. The average molecular weight is 414 g/mol. The van der Waals surface area contributed by atoms with Gasteiger partial charge in [0.25, 0.3) is 5.69 Å². The molecule has 2 fully saturated rings. The number of carbonyl (C=O) groups is 2. The van der Waals surface area contributed by atoms with E-state index in [4.69, 9.17) is 4.74 Å². The second kappa shape index (κ2) is 8.74. The summed E-state index contributed by atoms with van der Waals surface area (Å²) in [6, 6.07) is 4.24. The molecule has 1 saturated carbocycles. The molecule has 1 aliphatic heterocycles. The highest BCUT2D eigenvalue weighted by Gasteiger charge is 2.54. The van der Waals surface area contributed by atoms with Gasteiger partial charge in [-0.1, -0.05) is 6.42 Å². The van der Waals surface area contributed by atoms with Gasteiger partial charge in [-0.15, -0.1) is 12.4 Å². The maximum absolute atomic E-state index is 12.3. The Bertz CT molecular complexity index is 774. The van der Waals surface area contributed by atoms with E-state index in [-0.39, 0.29) is 42.0 Å². The van der Waals surface area contributed by atoms with Crippen molar-refractivity contribution in [2.24, 2.45) is 11.3 Å². The van der Waals surface area contributed by atoms with Gasteiger partial charge < -0.3 is 20.1 Å². The van der Waals surface area contributed by atoms with Gasteiger partial charge in [-0.3, -0.25) is 19.7 Å². The Morgan fingerprint density at radius 1 is 1.46 bits per heavy atom. The minimum Gasteiger partial charge on any atom is -0.496 e. The lowest BCUT2D eigenvalue weighted by Gasteiger charge is -2.23. The zero-order valence-electron chi connectivity index (χ0n) is 15.6. The SMILES string of the molecule is COc1ccc(NC(=O)CCN2C[C@@H]3CCC[C@@]3(C(=O)O)C2)c([N+](=O)[O-])c1.Cl. The number of likely N-dealkylation sites (tertiary alicyclic amines) is 1. The van der Waals surface area contributed by atoms with E-state index in [0.717, 1.165) is 12.8 Å². The summed E-state index contributed by atoms with van der Waals surface area (Å²) in [5.41, 5.74) is -0.792. The lowest BCUT2D eigenvalue weighted by Crippen LogP contribution is -2.36. The van der Waals surface area contributed by atoms with E-state index in [2.05, 4.69) is 5.32 Å². The number of amides is 1. The highest BCUT2D eigenvalue weighted by Crippen LogP contribution is 2.48. The maximum Gasteiger partial charge on any atom is 0.311 e. The number of aliphatic carboxylic acids is 1. The number of methoxy groups -OCH3 is 1. The van der Waals surface area contributed by atoms with Crippen LogP contribution >= 0.6 is 12.4 Å².